The molecule has 0 spiro atoms. The van der Waals surface area contributed by atoms with Crippen LogP contribution in [0.4, 0.5) is 0 Å². The lowest BCUT2D eigenvalue weighted by Gasteiger charge is -2.17. The van der Waals surface area contributed by atoms with Crippen molar-refractivity contribution in [3.8, 4) is 11.5 Å². The SMILES string of the molecule is CCN(CC)CCCCNC(N)=NCc1ccc(OC)c(OC)c1. The Bertz CT molecular complexity index is 502. The minimum atomic E-state index is 0.479. The summed E-state index contributed by atoms with van der Waals surface area (Å²) < 4.78 is 10.5. The van der Waals surface area contributed by atoms with Crippen molar-refractivity contribution >= 4 is 5.96 Å². The van der Waals surface area contributed by atoms with Crippen molar-refractivity contribution in [2.24, 2.45) is 10.7 Å². The van der Waals surface area contributed by atoms with Crippen molar-refractivity contribution in [3.05, 3.63) is 23.8 Å². The number of nitrogens with one attached hydrogen (secondary N) is 1. The molecule has 0 atom stereocenters. The minimum Gasteiger partial charge on any atom is -0.493 e. The van der Waals surface area contributed by atoms with Crippen molar-refractivity contribution in [1.29, 1.82) is 0 Å². The maximum absolute atomic E-state index is 5.92. The molecule has 0 saturated carbocycles. The zero-order valence-corrected chi connectivity index (χ0v) is 15.5. The number of nitrogens with two attached hydrogens (primary N) is 1. The molecule has 0 aliphatic rings. The molecule has 6 nitrogen and oxygen atoms in total. The molecule has 0 aliphatic carbocycles. The van der Waals surface area contributed by atoms with E-state index < -0.39 is 0 Å². The number of ether oxygens (including phenoxy) is 2. The van der Waals surface area contributed by atoms with Crippen LogP contribution in [0.2, 0.25) is 0 Å². The number of hydrogen-bond donors (Lipinski definition) is 2. The van der Waals surface area contributed by atoms with Gasteiger partial charge in [0.2, 0.25) is 0 Å². The maximum atomic E-state index is 5.92. The van der Waals surface area contributed by atoms with E-state index in [9.17, 15) is 0 Å². The van der Waals surface area contributed by atoms with Crippen LogP contribution in [0, 0.1) is 0 Å². The molecule has 136 valence electrons. The fourth-order valence-corrected chi connectivity index (χ4v) is 2.43. The van der Waals surface area contributed by atoms with E-state index in [1.807, 2.05) is 18.2 Å². The highest BCUT2D eigenvalue weighted by atomic mass is 16.5. The van der Waals surface area contributed by atoms with Crippen molar-refractivity contribution in [2.75, 3.05) is 40.4 Å². The van der Waals surface area contributed by atoms with E-state index in [1.54, 1.807) is 14.2 Å². The quantitative estimate of drug-likeness (QED) is 0.368. The third-order valence-electron chi connectivity index (χ3n) is 3.98. The highest BCUT2D eigenvalue weighted by Gasteiger charge is 2.04. The van der Waals surface area contributed by atoms with Gasteiger partial charge in [0, 0.05) is 6.54 Å². The smallest absolute Gasteiger partial charge is 0.188 e. The Labute approximate surface area is 146 Å². The summed E-state index contributed by atoms with van der Waals surface area (Å²) in [5.41, 5.74) is 6.94. The molecule has 0 aromatic heterocycles. The average molecular weight is 336 g/mol. The molecule has 1 rings (SSSR count). The Morgan fingerprint density at radius 2 is 1.83 bits per heavy atom. The second-order valence-electron chi connectivity index (χ2n) is 5.55. The maximum Gasteiger partial charge on any atom is 0.188 e. The van der Waals surface area contributed by atoms with Gasteiger partial charge in [-0.3, -0.25) is 0 Å². The van der Waals surface area contributed by atoms with Gasteiger partial charge in [0.15, 0.2) is 17.5 Å². The topological polar surface area (TPSA) is 72.1 Å². The van der Waals surface area contributed by atoms with Crippen molar-refractivity contribution < 1.29 is 9.47 Å². The van der Waals surface area contributed by atoms with E-state index in [0.717, 1.165) is 44.6 Å². The van der Waals surface area contributed by atoms with Crippen LogP contribution in [0.15, 0.2) is 23.2 Å². The predicted molar refractivity (Wildman–Crippen MR) is 99.9 cm³/mol. The summed E-state index contributed by atoms with van der Waals surface area (Å²) in [5.74, 6) is 1.89. The van der Waals surface area contributed by atoms with E-state index in [-0.39, 0.29) is 0 Å². The van der Waals surface area contributed by atoms with Gasteiger partial charge in [-0.15, -0.1) is 0 Å². The van der Waals surface area contributed by atoms with E-state index in [2.05, 4.69) is 29.1 Å². The van der Waals surface area contributed by atoms with Gasteiger partial charge in [-0.2, -0.15) is 0 Å². The van der Waals surface area contributed by atoms with Crippen LogP contribution < -0.4 is 20.5 Å². The number of rotatable bonds is 11. The molecule has 0 heterocycles. The first kappa shape index (κ1) is 20.1. The van der Waals surface area contributed by atoms with E-state index in [4.69, 9.17) is 15.2 Å². The molecule has 3 N–H and O–H groups in total. The summed E-state index contributed by atoms with van der Waals surface area (Å²) in [6, 6.07) is 5.75. The molecular formula is C18H32N4O2. The number of methoxy groups -OCH3 is 2. The molecule has 0 fully saturated rings. The number of aliphatic imine (C=N–C) groups is 1. The first-order chi connectivity index (χ1) is 11.6. The second kappa shape index (κ2) is 11.6. The molecule has 0 unspecified atom stereocenters. The fraction of sp³-hybridized carbons (Fsp3) is 0.611. The van der Waals surface area contributed by atoms with Gasteiger partial charge >= 0.3 is 0 Å². The van der Waals surface area contributed by atoms with E-state index >= 15 is 0 Å². The third-order valence-corrected chi connectivity index (χ3v) is 3.98. The summed E-state index contributed by atoms with van der Waals surface area (Å²) in [5, 5.41) is 3.17. The molecule has 1 aromatic rings. The fourth-order valence-electron chi connectivity index (χ4n) is 2.43. The van der Waals surface area contributed by atoms with Crippen LogP contribution in [-0.4, -0.2) is 51.3 Å². The first-order valence-corrected chi connectivity index (χ1v) is 8.61. The lowest BCUT2D eigenvalue weighted by Crippen LogP contribution is -2.33. The molecule has 6 heteroatoms. The zero-order chi connectivity index (χ0) is 17.8. The number of guanidine groups is 1. The summed E-state index contributed by atoms with van der Waals surface area (Å²) in [4.78, 5) is 6.79. The minimum absolute atomic E-state index is 0.479. The molecule has 0 saturated heterocycles. The van der Waals surface area contributed by atoms with Gasteiger partial charge < -0.3 is 25.4 Å². The summed E-state index contributed by atoms with van der Waals surface area (Å²) in [7, 11) is 3.25. The number of benzene rings is 1. The Balaban J connectivity index is 2.34. The third kappa shape index (κ3) is 7.08. The van der Waals surface area contributed by atoms with Crippen LogP contribution in [0.3, 0.4) is 0 Å². The van der Waals surface area contributed by atoms with E-state index in [1.165, 1.54) is 0 Å². The predicted octanol–water partition coefficient (Wildman–Crippen LogP) is 2.23. The van der Waals surface area contributed by atoms with Crippen molar-refractivity contribution in [3.63, 3.8) is 0 Å². The molecule has 0 bridgehead atoms. The first-order valence-electron chi connectivity index (χ1n) is 8.61. The second-order valence-corrected chi connectivity index (χ2v) is 5.55. The van der Waals surface area contributed by atoms with Gasteiger partial charge in [-0.05, 0) is 50.2 Å². The standard InChI is InChI=1S/C18H32N4O2/c1-5-22(6-2)12-8-7-11-20-18(19)21-14-15-9-10-16(23-3)17(13-15)24-4/h9-10,13H,5-8,11-12,14H2,1-4H3,(H3,19,20,21). The van der Waals surface area contributed by atoms with Crippen LogP contribution in [0.25, 0.3) is 0 Å². The largest absolute Gasteiger partial charge is 0.493 e. The monoisotopic (exact) mass is 336 g/mol. The summed E-state index contributed by atoms with van der Waals surface area (Å²) >= 11 is 0. The Morgan fingerprint density at radius 1 is 1.12 bits per heavy atom. The van der Waals surface area contributed by atoms with Gasteiger partial charge in [-0.1, -0.05) is 19.9 Å². The van der Waals surface area contributed by atoms with Crippen LogP contribution in [0.5, 0.6) is 11.5 Å². The van der Waals surface area contributed by atoms with Gasteiger partial charge in [0.05, 0.1) is 20.8 Å². The van der Waals surface area contributed by atoms with Gasteiger partial charge in [0.25, 0.3) is 0 Å². The lowest BCUT2D eigenvalue weighted by atomic mass is 10.2. The zero-order valence-electron chi connectivity index (χ0n) is 15.5. The average Bonchev–Trinajstić information content (AvgIpc) is 2.62. The van der Waals surface area contributed by atoms with Crippen LogP contribution in [-0.2, 0) is 6.54 Å². The Morgan fingerprint density at radius 3 is 2.46 bits per heavy atom. The number of hydrogen-bond acceptors (Lipinski definition) is 4. The summed E-state index contributed by atoms with van der Waals surface area (Å²) in [6.07, 6.45) is 2.25. The van der Waals surface area contributed by atoms with Crippen LogP contribution in [0.1, 0.15) is 32.3 Å². The molecule has 1 aromatic carbocycles. The van der Waals surface area contributed by atoms with Gasteiger partial charge in [-0.25, -0.2) is 4.99 Å². The molecular weight excluding hydrogens is 304 g/mol. The van der Waals surface area contributed by atoms with E-state index in [0.29, 0.717) is 24.0 Å². The summed E-state index contributed by atoms with van der Waals surface area (Å²) in [6.45, 7) is 9.11. The number of unbranched alkanes of at least 4 members (excludes halogenated alkanes) is 1. The molecule has 0 amide bonds. The van der Waals surface area contributed by atoms with Gasteiger partial charge in [0.1, 0.15) is 0 Å². The number of nitrogens with zero attached hydrogens (tertiary/aromatic N) is 2. The highest BCUT2D eigenvalue weighted by Crippen LogP contribution is 2.27. The molecule has 0 aliphatic heterocycles. The van der Waals surface area contributed by atoms with Crippen LogP contribution >= 0.6 is 0 Å². The lowest BCUT2D eigenvalue weighted by molar-refractivity contribution is 0.297. The molecule has 24 heavy (non-hydrogen) atoms. The normalized spacial score (nSPS) is 11.6. The Kier molecular flexibility index (Phi) is 9.68. The molecule has 0 radical (unpaired) electrons. The Hall–Kier alpha value is -1.95. The van der Waals surface area contributed by atoms with Crippen molar-refractivity contribution in [1.82, 2.24) is 10.2 Å². The highest BCUT2D eigenvalue weighted by molar-refractivity contribution is 5.77. The van der Waals surface area contributed by atoms with Crippen molar-refractivity contribution in [2.45, 2.75) is 33.2 Å².